The zero-order valence-electron chi connectivity index (χ0n) is 7.24. The van der Waals surface area contributed by atoms with Crippen LogP contribution >= 0.6 is 38.9 Å². The molecular formula is C10H8BrClOS. The van der Waals surface area contributed by atoms with Crippen molar-refractivity contribution in [2.24, 2.45) is 0 Å². The van der Waals surface area contributed by atoms with Crippen molar-refractivity contribution >= 4 is 38.9 Å². The summed E-state index contributed by atoms with van der Waals surface area (Å²) < 4.78 is 6.11. The molecule has 0 spiro atoms. The Morgan fingerprint density at radius 3 is 2.86 bits per heavy atom. The van der Waals surface area contributed by atoms with Gasteiger partial charge in [-0.05, 0) is 56.9 Å². The number of hydrogen-bond donors (Lipinski definition) is 0. The van der Waals surface area contributed by atoms with E-state index >= 15 is 0 Å². The van der Waals surface area contributed by atoms with Crippen LogP contribution < -0.4 is 0 Å². The van der Waals surface area contributed by atoms with Gasteiger partial charge in [0.05, 0.1) is 5.38 Å². The first-order chi connectivity index (χ1) is 6.75. The Morgan fingerprint density at radius 2 is 2.29 bits per heavy atom. The molecule has 2 rings (SSSR count). The fourth-order valence-corrected chi connectivity index (χ4v) is 2.51. The molecule has 0 aliphatic rings. The van der Waals surface area contributed by atoms with E-state index in [4.69, 9.17) is 16.0 Å². The molecule has 74 valence electrons. The minimum absolute atomic E-state index is 0.0871. The van der Waals surface area contributed by atoms with Crippen molar-refractivity contribution < 1.29 is 4.42 Å². The fourth-order valence-electron chi connectivity index (χ4n) is 1.21. The fraction of sp³-hybridized carbons (Fsp3) is 0.200. The first kappa shape index (κ1) is 10.3. The quantitative estimate of drug-likeness (QED) is 0.752. The molecule has 0 radical (unpaired) electrons. The standard InChI is InChI=1S/C10H8BrClOS/c11-10-2-1-9(13-10)8(12)5-7-3-4-14-6-7/h1-4,6,8H,5H2. The van der Waals surface area contributed by atoms with Crippen LogP contribution in [0.1, 0.15) is 16.7 Å². The van der Waals surface area contributed by atoms with Gasteiger partial charge in [0.2, 0.25) is 0 Å². The van der Waals surface area contributed by atoms with Crippen molar-refractivity contribution in [2.45, 2.75) is 11.8 Å². The number of furan rings is 1. The molecule has 0 amide bonds. The summed E-state index contributed by atoms with van der Waals surface area (Å²) in [6.07, 6.45) is 0.811. The van der Waals surface area contributed by atoms with Crippen molar-refractivity contribution in [2.75, 3.05) is 0 Å². The van der Waals surface area contributed by atoms with Gasteiger partial charge in [0.15, 0.2) is 4.67 Å². The molecule has 0 fully saturated rings. The minimum atomic E-state index is -0.0871. The van der Waals surface area contributed by atoms with Crippen LogP contribution in [0.5, 0.6) is 0 Å². The van der Waals surface area contributed by atoms with Gasteiger partial charge in [0.25, 0.3) is 0 Å². The Kier molecular flexibility index (Phi) is 3.31. The van der Waals surface area contributed by atoms with Crippen molar-refractivity contribution in [3.05, 3.63) is 45.0 Å². The largest absolute Gasteiger partial charge is 0.453 e. The second-order valence-corrected chi connectivity index (χ2v) is 5.03. The molecule has 14 heavy (non-hydrogen) atoms. The summed E-state index contributed by atoms with van der Waals surface area (Å²) in [6.45, 7) is 0. The topological polar surface area (TPSA) is 13.1 Å². The Labute approximate surface area is 99.8 Å². The molecule has 0 saturated carbocycles. The number of hydrogen-bond acceptors (Lipinski definition) is 2. The molecule has 1 unspecified atom stereocenters. The molecule has 1 nitrogen and oxygen atoms in total. The van der Waals surface area contributed by atoms with Crippen LogP contribution in [0.2, 0.25) is 0 Å². The van der Waals surface area contributed by atoms with E-state index in [1.165, 1.54) is 5.56 Å². The normalized spacial score (nSPS) is 13.0. The van der Waals surface area contributed by atoms with Gasteiger partial charge in [-0.3, -0.25) is 0 Å². The van der Waals surface area contributed by atoms with E-state index in [1.807, 2.05) is 12.1 Å². The Hall–Kier alpha value is -0.250. The molecule has 2 aromatic heterocycles. The summed E-state index contributed by atoms with van der Waals surface area (Å²) in [6, 6.07) is 5.84. The summed E-state index contributed by atoms with van der Waals surface area (Å²) in [4.78, 5) is 0. The lowest BCUT2D eigenvalue weighted by atomic mass is 10.1. The smallest absolute Gasteiger partial charge is 0.169 e. The maximum atomic E-state index is 6.20. The lowest BCUT2D eigenvalue weighted by molar-refractivity contribution is 0.481. The zero-order valence-corrected chi connectivity index (χ0v) is 10.4. The molecular weight excluding hydrogens is 284 g/mol. The molecule has 0 aliphatic carbocycles. The summed E-state index contributed by atoms with van der Waals surface area (Å²) in [5, 5.41) is 4.07. The van der Waals surface area contributed by atoms with E-state index in [2.05, 4.69) is 32.8 Å². The molecule has 1 atom stereocenters. The molecule has 4 heteroatoms. The zero-order chi connectivity index (χ0) is 9.97. The van der Waals surface area contributed by atoms with E-state index in [0.717, 1.165) is 16.9 Å². The van der Waals surface area contributed by atoms with E-state index in [0.29, 0.717) is 0 Å². The maximum Gasteiger partial charge on any atom is 0.169 e. The number of halogens is 2. The van der Waals surface area contributed by atoms with Crippen LogP contribution in [0.25, 0.3) is 0 Å². The minimum Gasteiger partial charge on any atom is -0.453 e. The van der Waals surface area contributed by atoms with Crippen molar-refractivity contribution in [1.82, 2.24) is 0 Å². The third-order valence-electron chi connectivity index (χ3n) is 1.90. The number of thiophene rings is 1. The highest BCUT2D eigenvalue weighted by Crippen LogP contribution is 2.28. The van der Waals surface area contributed by atoms with Gasteiger partial charge in [-0.1, -0.05) is 0 Å². The maximum absolute atomic E-state index is 6.20. The van der Waals surface area contributed by atoms with E-state index in [-0.39, 0.29) is 5.38 Å². The van der Waals surface area contributed by atoms with Crippen molar-refractivity contribution in [3.8, 4) is 0 Å². The van der Waals surface area contributed by atoms with Gasteiger partial charge in [-0.2, -0.15) is 11.3 Å². The van der Waals surface area contributed by atoms with Gasteiger partial charge in [0, 0.05) is 0 Å². The van der Waals surface area contributed by atoms with E-state index in [1.54, 1.807) is 11.3 Å². The summed E-state index contributed by atoms with van der Waals surface area (Å²) in [5.74, 6) is 0.810. The van der Waals surface area contributed by atoms with E-state index in [9.17, 15) is 0 Å². The molecule has 0 N–H and O–H groups in total. The highest BCUT2D eigenvalue weighted by Gasteiger charge is 2.12. The number of rotatable bonds is 3. The third kappa shape index (κ3) is 2.41. The number of alkyl halides is 1. The van der Waals surface area contributed by atoms with Crippen molar-refractivity contribution in [1.29, 1.82) is 0 Å². The summed E-state index contributed by atoms with van der Waals surface area (Å²) >= 11 is 11.1. The average molecular weight is 292 g/mol. The first-order valence-electron chi connectivity index (χ1n) is 4.16. The van der Waals surface area contributed by atoms with Gasteiger partial charge < -0.3 is 4.42 Å². The Bertz CT molecular complexity index is 396. The van der Waals surface area contributed by atoms with Crippen LogP contribution in [-0.2, 0) is 6.42 Å². The molecule has 2 heterocycles. The molecule has 0 aliphatic heterocycles. The third-order valence-corrected chi connectivity index (χ3v) is 3.43. The second kappa shape index (κ2) is 4.51. The van der Waals surface area contributed by atoms with Crippen LogP contribution in [-0.4, -0.2) is 0 Å². The van der Waals surface area contributed by atoms with Crippen molar-refractivity contribution in [3.63, 3.8) is 0 Å². The van der Waals surface area contributed by atoms with Gasteiger partial charge in [0.1, 0.15) is 5.76 Å². The Balaban J connectivity index is 2.06. The summed E-state index contributed by atoms with van der Waals surface area (Å²) in [5.41, 5.74) is 1.25. The van der Waals surface area contributed by atoms with Gasteiger partial charge in [-0.25, -0.2) is 0 Å². The second-order valence-electron chi connectivity index (χ2n) is 2.95. The van der Waals surface area contributed by atoms with Crippen LogP contribution in [0.3, 0.4) is 0 Å². The molecule has 0 bridgehead atoms. The highest BCUT2D eigenvalue weighted by molar-refractivity contribution is 9.10. The van der Waals surface area contributed by atoms with Gasteiger partial charge in [-0.15, -0.1) is 11.6 Å². The molecule has 0 saturated heterocycles. The predicted molar refractivity (Wildman–Crippen MR) is 63.0 cm³/mol. The summed E-state index contributed by atoms with van der Waals surface area (Å²) in [7, 11) is 0. The monoisotopic (exact) mass is 290 g/mol. The predicted octanol–water partition coefficient (Wildman–Crippen LogP) is 4.63. The highest BCUT2D eigenvalue weighted by atomic mass is 79.9. The SMILES string of the molecule is ClC(Cc1ccsc1)c1ccc(Br)o1. The first-order valence-corrected chi connectivity index (χ1v) is 6.33. The Morgan fingerprint density at radius 1 is 1.43 bits per heavy atom. The van der Waals surface area contributed by atoms with Gasteiger partial charge >= 0.3 is 0 Å². The average Bonchev–Trinajstić information content (AvgIpc) is 2.75. The van der Waals surface area contributed by atoms with Crippen LogP contribution in [0, 0.1) is 0 Å². The lowest BCUT2D eigenvalue weighted by Crippen LogP contribution is -1.92. The molecule has 0 aromatic carbocycles. The van der Waals surface area contributed by atoms with Crippen LogP contribution in [0.15, 0.2) is 38.0 Å². The van der Waals surface area contributed by atoms with Crippen LogP contribution in [0.4, 0.5) is 0 Å². The lowest BCUT2D eigenvalue weighted by Gasteiger charge is -2.03. The molecule has 2 aromatic rings. The van der Waals surface area contributed by atoms with E-state index < -0.39 is 0 Å².